The molecule has 0 aliphatic rings. The van der Waals surface area contributed by atoms with Gasteiger partial charge in [-0.05, 0) is 5.56 Å². The monoisotopic (exact) mass is 245 g/mol. The third kappa shape index (κ3) is 2.11. The standard InChI is InChI=1S/C14H19N3O/c1-14(2,9-18)11-7-5-4-6-10(11)12-8-13(15)17(3)16-12/h4-8,18H,9,15H2,1-3H3. The van der Waals surface area contributed by atoms with Gasteiger partial charge in [0.25, 0.3) is 0 Å². The molecule has 0 unspecified atom stereocenters. The van der Waals surface area contributed by atoms with Crippen LogP contribution in [0.2, 0.25) is 0 Å². The Bertz CT molecular complexity index is 538. The Balaban J connectivity index is 2.58. The fraction of sp³-hybridized carbons (Fsp3) is 0.357. The molecule has 2 aromatic rings. The van der Waals surface area contributed by atoms with Crippen LogP contribution >= 0.6 is 0 Å². The second-order valence-electron chi connectivity index (χ2n) is 5.17. The summed E-state index contributed by atoms with van der Waals surface area (Å²) in [5.41, 5.74) is 8.45. The molecule has 2 rings (SSSR count). The van der Waals surface area contributed by atoms with Gasteiger partial charge in [-0.3, -0.25) is 4.68 Å². The maximum Gasteiger partial charge on any atom is 0.121 e. The lowest BCUT2D eigenvalue weighted by Crippen LogP contribution is -2.23. The van der Waals surface area contributed by atoms with E-state index in [0.717, 1.165) is 16.8 Å². The molecule has 0 atom stereocenters. The molecule has 0 saturated carbocycles. The largest absolute Gasteiger partial charge is 0.395 e. The average Bonchev–Trinajstić information content (AvgIpc) is 2.69. The van der Waals surface area contributed by atoms with Crippen LogP contribution in [0.25, 0.3) is 11.3 Å². The molecule has 0 radical (unpaired) electrons. The number of nitrogens with zero attached hydrogens (tertiary/aromatic N) is 2. The first-order chi connectivity index (χ1) is 8.45. The van der Waals surface area contributed by atoms with E-state index in [1.54, 1.807) is 4.68 Å². The van der Waals surface area contributed by atoms with Gasteiger partial charge in [0.2, 0.25) is 0 Å². The maximum atomic E-state index is 9.53. The summed E-state index contributed by atoms with van der Waals surface area (Å²) in [6.45, 7) is 4.11. The number of rotatable bonds is 3. The highest BCUT2D eigenvalue weighted by atomic mass is 16.3. The van der Waals surface area contributed by atoms with Crippen LogP contribution in [0.1, 0.15) is 19.4 Å². The van der Waals surface area contributed by atoms with Crippen molar-refractivity contribution in [2.24, 2.45) is 7.05 Å². The topological polar surface area (TPSA) is 64.1 Å². The number of aliphatic hydroxyl groups is 1. The van der Waals surface area contributed by atoms with Gasteiger partial charge >= 0.3 is 0 Å². The summed E-state index contributed by atoms with van der Waals surface area (Å²) < 4.78 is 1.65. The number of aliphatic hydroxyl groups excluding tert-OH is 1. The van der Waals surface area contributed by atoms with Crippen LogP contribution < -0.4 is 5.73 Å². The van der Waals surface area contributed by atoms with Gasteiger partial charge < -0.3 is 10.8 Å². The lowest BCUT2D eigenvalue weighted by Gasteiger charge is -2.24. The molecule has 96 valence electrons. The Morgan fingerprint density at radius 2 is 2.00 bits per heavy atom. The van der Waals surface area contributed by atoms with Crippen molar-refractivity contribution in [3.8, 4) is 11.3 Å². The molecule has 1 aromatic carbocycles. The van der Waals surface area contributed by atoms with Gasteiger partial charge in [0.05, 0.1) is 12.3 Å². The summed E-state index contributed by atoms with van der Waals surface area (Å²) in [6.07, 6.45) is 0. The summed E-state index contributed by atoms with van der Waals surface area (Å²) in [7, 11) is 1.82. The quantitative estimate of drug-likeness (QED) is 0.868. The fourth-order valence-electron chi connectivity index (χ4n) is 2.00. The molecule has 0 saturated heterocycles. The van der Waals surface area contributed by atoms with Crippen molar-refractivity contribution in [2.75, 3.05) is 12.3 Å². The maximum absolute atomic E-state index is 9.53. The fourth-order valence-corrected chi connectivity index (χ4v) is 2.00. The van der Waals surface area contributed by atoms with E-state index in [4.69, 9.17) is 5.73 Å². The van der Waals surface area contributed by atoms with E-state index in [0.29, 0.717) is 5.82 Å². The lowest BCUT2D eigenvalue weighted by atomic mass is 9.82. The van der Waals surface area contributed by atoms with Gasteiger partial charge in [-0.2, -0.15) is 5.10 Å². The minimum atomic E-state index is -0.303. The van der Waals surface area contributed by atoms with Gasteiger partial charge in [0, 0.05) is 24.1 Å². The highest BCUT2D eigenvalue weighted by molar-refractivity contribution is 5.67. The van der Waals surface area contributed by atoms with Crippen LogP contribution in [0.15, 0.2) is 30.3 Å². The van der Waals surface area contributed by atoms with E-state index in [1.165, 1.54) is 0 Å². The van der Waals surface area contributed by atoms with E-state index in [1.807, 2.05) is 51.2 Å². The van der Waals surface area contributed by atoms with Gasteiger partial charge in [0.1, 0.15) is 5.82 Å². The molecule has 0 aliphatic heterocycles. The number of aryl methyl sites for hydroxylation is 1. The summed E-state index contributed by atoms with van der Waals surface area (Å²) in [5, 5.41) is 13.9. The van der Waals surface area contributed by atoms with E-state index < -0.39 is 0 Å². The van der Waals surface area contributed by atoms with Crippen molar-refractivity contribution in [3.05, 3.63) is 35.9 Å². The number of nitrogen functional groups attached to an aromatic ring is 1. The third-order valence-electron chi connectivity index (χ3n) is 3.24. The Kier molecular flexibility index (Phi) is 3.13. The molecular weight excluding hydrogens is 226 g/mol. The minimum absolute atomic E-state index is 0.0896. The summed E-state index contributed by atoms with van der Waals surface area (Å²) in [6, 6.07) is 9.83. The molecule has 0 aliphatic carbocycles. The zero-order valence-corrected chi connectivity index (χ0v) is 11.0. The highest BCUT2D eigenvalue weighted by Crippen LogP contribution is 2.32. The SMILES string of the molecule is Cn1nc(-c2ccccc2C(C)(C)CO)cc1N. The molecule has 0 spiro atoms. The van der Waals surface area contributed by atoms with Crippen LogP contribution in [-0.4, -0.2) is 21.5 Å². The number of anilines is 1. The second kappa shape index (κ2) is 4.46. The van der Waals surface area contributed by atoms with Crippen LogP contribution in [0.5, 0.6) is 0 Å². The van der Waals surface area contributed by atoms with Gasteiger partial charge in [-0.25, -0.2) is 0 Å². The van der Waals surface area contributed by atoms with Crippen LogP contribution in [0.3, 0.4) is 0 Å². The summed E-state index contributed by atoms with van der Waals surface area (Å²) in [5.74, 6) is 0.626. The zero-order valence-electron chi connectivity index (χ0n) is 11.0. The summed E-state index contributed by atoms with van der Waals surface area (Å²) in [4.78, 5) is 0. The third-order valence-corrected chi connectivity index (χ3v) is 3.24. The first-order valence-electron chi connectivity index (χ1n) is 5.96. The molecule has 1 aromatic heterocycles. The molecule has 0 fully saturated rings. The zero-order chi connectivity index (χ0) is 13.3. The van der Waals surface area contributed by atoms with Crippen molar-refractivity contribution in [1.82, 2.24) is 9.78 Å². The van der Waals surface area contributed by atoms with Gasteiger partial charge in [-0.1, -0.05) is 38.1 Å². The van der Waals surface area contributed by atoms with Crippen molar-refractivity contribution in [3.63, 3.8) is 0 Å². The number of benzene rings is 1. The van der Waals surface area contributed by atoms with Crippen molar-refractivity contribution >= 4 is 5.82 Å². The Morgan fingerprint density at radius 3 is 2.56 bits per heavy atom. The lowest BCUT2D eigenvalue weighted by molar-refractivity contribution is 0.219. The molecule has 4 heteroatoms. The second-order valence-corrected chi connectivity index (χ2v) is 5.17. The molecule has 1 heterocycles. The number of hydrogen-bond donors (Lipinski definition) is 2. The molecule has 0 amide bonds. The van der Waals surface area contributed by atoms with E-state index in [9.17, 15) is 5.11 Å². The number of hydrogen-bond acceptors (Lipinski definition) is 3. The molecule has 3 N–H and O–H groups in total. The Labute approximate surface area is 107 Å². The van der Waals surface area contributed by atoms with Crippen LogP contribution in [-0.2, 0) is 12.5 Å². The van der Waals surface area contributed by atoms with Crippen molar-refractivity contribution in [1.29, 1.82) is 0 Å². The molecule has 0 bridgehead atoms. The van der Waals surface area contributed by atoms with Crippen molar-refractivity contribution < 1.29 is 5.11 Å². The average molecular weight is 245 g/mol. The number of nitrogens with two attached hydrogens (primary N) is 1. The van der Waals surface area contributed by atoms with Crippen LogP contribution in [0, 0.1) is 0 Å². The van der Waals surface area contributed by atoms with E-state index in [2.05, 4.69) is 5.10 Å². The normalized spacial score (nSPS) is 11.8. The van der Waals surface area contributed by atoms with Crippen molar-refractivity contribution in [2.45, 2.75) is 19.3 Å². The first kappa shape index (κ1) is 12.6. The summed E-state index contributed by atoms with van der Waals surface area (Å²) >= 11 is 0. The van der Waals surface area contributed by atoms with Crippen LogP contribution in [0.4, 0.5) is 5.82 Å². The Morgan fingerprint density at radius 1 is 1.33 bits per heavy atom. The predicted octanol–water partition coefficient (Wildman–Crippen LogP) is 1.94. The highest BCUT2D eigenvalue weighted by Gasteiger charge is 2.23. The van der Waals surface area contributed by atoms with Gasteiger partial charge in [0.15, 0.2) is 0 Å². The van der Waals surface area contributed by atoms with E-state index >= 15 is 0 Å². The number of aromatic nitrogens is 2. The minimum Gasteiger partial charge on any atom is -0.395 e. The Hall–Kier alpha value is -1.81. The van der Waals surface area contributed by atoms with E-state index in [-0.39, 0.29) is 12.0 Å². The first-order valence-corrected chi connectivity index (χ1v) is 5.96. The molecule has 18 heavy (non-hydrogen) atoms. The molecule has 4 nitrogen and oxygen atoms in total. The predicted molar refractivity (Wildman–Crippen MR) is 73.2 cm³/mol. The van der Waals surface area contributed by atoms with Gasteiger partial charge in [-0.15, -0.1) is 0 Å². The smallest absolute Gasteiger partial charge is 0.121 e. The molecular formula is C14H19N3O.